The first kappa shape index (κ1) is 16.0. The third-order valence-electron chi connectivity index (χ3n) is 4.75. The van der Waals surface area contributed by atoms with Crippen LogP contribution in [0, 0.1) is 0 Å². The lowest BCUT2D eigenvalue weighted by molar-refractivity contribution is 0.0151. The Morgan fingerprint density at radius 1 is 1.23 bits per heavy atom. The standard InChI is InChI=1S/C17H29N3O2/c1-14(2)17-18-15(13-22-17)11-20-6-4-3-5-16(20)12-19-7-9-21-10-8-19/h13-14,16H,3-12H2,1-2H3/t16-/m0/s1. The topological polar surface area (TPSA) is 41.7 Å². The molecule has 0 bridgehead atoms. The maximum atomic E-state index is 5.59. The van der Waals surface area contributed by atoms with Crippen molar-refractivity contribution in [2.24, 2.45) is 0 Å². The summed E-state index contributed by atoms with van der Waals surface area (Å²) in [4.78, 5) is 9.79. The van der Waals surface area contributed by atoms with E-state index in [4.69, 9.17) is 9.15 Å². The van der Waals surface area contributed by atoms with Crippen LogP contribution < -0.4 is 0 Å². The van der Waals surface area contributed by atoms with Gasteiger partial charge in [0.15, 0.2) is 5.89 Å². The highest BCUT2D eigenvalue weighted by atomic mass is 16.5. The first-order valence-corrected chi connectivity index (χ1v) is 8.71. The Morgan fingerprint density at radius 2 is 2.05 bits per heavy atom. The lowest BCUT2D eigenvalue weighted by atomic mass is 10.0. The lowest BCUT2D eigenvalue weighted by Crippen LogP contribution is -2.49. The molecule has 3 heterocycles. The fourth-order valence-electron chi connectivity index (χ4n) is 3.43. The van der Waals surface area contributed by atoms with Crippen molar-refractivity contribution < 1.29 is 9.15 Å². The number of morpholine rings is 1. The maximum absolute atomic E-state index is 5.59. The number of rotatable bonds is 5. The number of piperidine rings is 1. The summed E-state index contributed by atoms with van der Waals surface area (Å²) in [6.45, 7) is 11.4. The van der Waals surface area contributed by atoms with Gasteiger partial charge in [0.2, 0.25) is 0 Å². The van der Waals surface area contributed by atoms with Gasteiger partial charge in [-0.3, -0.25) is 9.80 Å². The van der Waals surface area contributed by atoms with E-state index in [1.165, 1.54) is 25.8 Å². The first-order chi connectivity index (χ1) is 10.7. The predicted molar refractivity (Wildman–Crippen MR) is 85.9 cm³/mol. The fourth-order valence-corrected chi connectivity index (χ4v) is 3.43. The van der Waals surface area contributed by atoms with Crippen LogP contribution in [0.4, 0.5) is 0 Å². The van der Waals surface area contributed by atoms with E-state index in [1.54, 1.807) is 0 Å². The van der Waals surface area contributed by atoms with Crippen LogP contribution in [0.15, 0.2) is 10.7 Å². The minimum absolute atomic E-state index is 0.360. The average molecular weight is 307 g/mol. The van der Waals surface area contributed by atoms with Crippen molar-refractivity contribution in [2.45, 2.75) is 51.6 Å². The molecule has 0 aromatic carbocycles. The molecule has 22 heavy (non-hydrogen) atoms. The summed E-state index contributed by atoms with van der Waals surface area (Å²) in [5.74, 6) is 1.22. The van der Waals surface area contributed by atoms with Crippen LogP contribution in [0.1, 0.15) is 50.6 Å². The third-order valence-corrected chi connectivity index (χ3v) is 4.75. The molecule has 1 atom stereocenters. The highest BCUT2D eigenvalue weighted by molar-refractivity contribution is 5.00. The largest absolute Gasteiger partial charge is 0.448 e. The van der Waals surface area contributed by atoms with Crippen LogP contribution in [0.3, 0.4) is 0 Å². The Labute approximate surface area is 133 Å². The molecule has 0 unspecified atom stereocenters. The summed E-state index contributed by atoms with van der Waals surface area (Å²) in [5, 5.41) is 0. The number of nitrogens with zero attached hydrogens (tertiary/aromatic N) is 3. The van der Waals surface area contributed by atoms with E-state index in [0.717, 1.165) is 51.0 Å². The second-order valence-electron chi connectivity index (χ2n) is 6.86. The molecule has 0 amide bonds. The number of hydrogen-bond donors (Lipinski definition) is 0. The van der Waals surface area contributed by atoms with E-state index in [1.807, 2.05) is 6.26 Å². The molecule has 5 nitrogen and oxygen atoms in total. The van der Waals surface area contributed by atoms with Crippen molar-refractivity contribution in [2.75, 3.05) is 39.4 Å². The first-order valence-electron chi connectivity index (χ1n) is 8.71. The summed E-state index contributed by atoms with van der Waals surface area (Å²) < 4.78 is 11.0. The van der Waals surface area contributed by atoms with Crippen molar-refractivity contribution in [3.05, 3.63) is 17.8 Å². The molecule has 0 radical (unpaired) electrons. The molecule has 0 aliphatic carbocycles. The van der Waals surface area contributed by atoms with E-state index in [0.29, 0.717) is 12.0 Å². The molecule has 2 fully saturated rings. The average Bonchev–Trinajstić information content (AvgIpc) is 2.99. The highest BCUT2D eigenvalue weighted by Crippen LogP contribution is 2.22. The van der Waals surface area contributed by atoms with E-state index in [9.17, 15) is 0 Å². The van der Waals surface area contributed by atoms with E-state index in [2.05, 4.69) is 28.6 Å². The summed E-state index contributed by atoms with van der Waals surface area (Å²) in [6, 6.07) is 0.644. The van der Waals surface area contributed by atoms with Gasteiger partial charge in [-0.25, -0.2) is 4.98 Å². The van der Waals surface area contributed by atoms with Crippen LogP contribution in [0.5, 0.6) is 0 Å². The molecule has 0 saturated carbocycles. The minimum Gasteiger partial charge on any atom is -0.448 e. The zero-order chi connectivity index (χ0) is 15.4. The quantitative estimate of drug-likeness (QED) is 0.836. The number of likely N-dealkylation sites (tertiary alicyclic amines) is 1. The fraction of sp³-hybridized carbons (Fsp3) is 0.824. The normalized spacial score (nSPS) is 25.0. The Kier molecular flexibility index (Phi) is 5.50. The van der Waals surface area contributed by atoms with Gasteiger partial charge in [0.1, 0.15) is 6.26 Å². The van der Waals surface area contributed by atoms with Crippen molar-refractivity contribution in [1.29, 1.82) is 0 Å². The number of aromatic nitrogens is 1. The summed E-state index contributed by atoms with van der Waals surface area (Å²) in [6.07, 6.45) is 5.79. The Bertz CT molecular complexity index is 455. The van der Waals surface area contributed by atoms with Gasteiger partial charge in [-0.2, -0.15) is 0 Å². The smallest absolute Gasteiger partial charge is 0.196 e. The van der Waals surface area contributed by atoms with E-state index < -0.39 is 0 Å². The molecule has 2 saturated heterocycles. The number of oxazole rings is 1. The molecule has 0 spiro atoms. The maximum Gasteiger partial charge on any atom is 0.196 e. The lowest BCUT2D eigenvalue weighted by Gasteiger charge is -2.39. The molecular weight excluding hydrogens is 278 g/mol. The molecule has 0 N–H and O–H groups in total. The summed E-state index contributed by atoms with van der Waals surface area (Å²) in [5.41, 5.74) is 1.08. The predicted octanol–water partition coefficient (Wildman–Crippen LogP) is 2.48. The Hall–Kier alpha value is -0.910. The van der Waals surface area contributed by atoms with Crippen LogP contribution >= 0.6 is 0 Å². The van der Waals surface area contributed by atoms with Gasteiger partial charge in [-0.1, -0.05) is 20.3 Å². The highest BCUT2D eigenvalue weighted by Gasteiger charge is 2.26. The van der Waals surface area contributed by atoms with Crippen molar-refractivity contribution >= 4 is 0 Å². The van der Waals surface area contributed by atoms with Crippen LogP contribution in [0.2, 0.25) is 0 Å². The summed E-state index contributed by atoms with van der Waals surface area (Å²) in [7, 11) is 0. The number of ether oxygens (including phenoxy) is 1. The van der Waals surface area contributed by atoms with Gasteiger partial charge in [0.25, 0.3) is 0 Å². The van der Waals surface area contributed by atoms with Gasteiger partial charge < -0.3 is 9.15 Å². The van der Waals surface area contributed by atoms with Gasteiger partial charge in [0.05, 0.1) is 18.9 Å². The molecule has 124 valence electrons. The third kappa shape index (κ3) is 4.09. The minimum atomic E-state index is 0.360. The van der Waals surface area contributed by atoms with E-state index in [-0.39, 0.29) is 0 Å². The molecule has 3 rings (SSSR count). The van der Waals surface area contributed by atoms with Crippen LogP contribution in [-0.2, 0) is 11.3 Å². The second-order valence-corrected chi connectivity index (χ2v) is 6.86. The van der Waals surface area contributed by atoms with Crippen LogP contribution in [-0.4, -0.2) is 60.2 Å². The molecule has 5 heteroatoms. The Morgan fingerprint density at radius 3 is 2.77 bits per heavy atom. The van der Waals surface area contributed by atoms with Gasteiger partial charge >= 0.3 is 0 Å². The van der Waals surface area contributed by atoms with Crippen molar-refractivity contribution in [1.82, 2.24) is 14.8 Å². The van der Waals surface area contributed by atoms with Crippen molar-refractivity contribution in [3.8, 4) is 0 Å². The monoisotopic (exact) mass is 307 g/mol. The van der Waals surface area contributed by atoms with Crippen LogP contribution in [0.25, 0.3) is 0 Å². The van der Waals surface area contributed by atoms with Crippen molar-refractivity contribution in [3.63, 3.8) is 0 Å². The molecule has 2 aliphatic rings. The summed E-state index contributed by atoms with van der Waals surface area (Å²) >= 11 is 0. The van der Waals surface area contributed by atoms with Gasteiger partial charge in [-0.05, 0) is 19.4 Å². The number of hydrogen-bond acceptors (Lipinski definition) is 5. The molecule has 1 aromatic heterocycles. The molecule has 2 aliphatic heterocycles. The molecular formula is C17H29N3O2. The van der Waals surface area contributed by atoms with E-state index >= 15 is 0 Å². The zero-order valence-electron chi connectivity index (χ0n) is 14.0. The SMILES string of the molecule is CC(C)c1nc(CN2CCCC[C@H]2CN2CCOCC2)co1. The Balaban J connectivity index is 1.58. The molecule has 1 aromatic rings. The van der Waals surface area contributed by atoms with Gasteiger partial charge in [0, 0.05) is 38.1 Å². The van der Waals surface area contributed by atoms with Gasteiger partial charge in [-0.15, -0.1) is 0 Å². The zero-order valence-corrected chi connectivity index (χ0v) is 14.0. The second kappa shape index (κ2) is 7.57.